The Bertz CT molecular complexity index is 925. The van der Waals surface area contributed by atoms with Crippen LogP contribution in [-0.4, -0.2) is 51.9 Å². The highest BCUT2D eigenvalue weighted by molar-refractivity contribution is 6.04. The molecule has 8 heteroatoms. The summed E-state index contributed by atoms with van der Waals surface area (Å²) in [5.41, 5.74) is 2.62. The Kier molecular flexibility index (Phi) is 8.95. The number of hydrogen-bond donors (Lipinski definition) is 3. The fraction of sp³-hybridized carbons (Fsp3) is 0.440. The molecule has 0 atom stereocenters. The molecular formula is C25H34N4O4. The van der Waals surface area contributed by atoms with Crippen LogP contribution in [0.3, 0.4) is 0 Å². The molecule has 3 amide bonds. The molecular weight excluding hydrogens is 420 g/mol. The number of methoxy groups -OCH3 is 1. The lowest BCUT2D eigenvalue weighted by Gasteiger charge is -2.33. The summed E-state index contributed by atoms with van der Waals surface area (Å²) in [6.45, 7) is 7.43. The van der Waals surface area contributed by atoms with Gasteiger partial charge in [0.1, 0.15) is 5.75 Å². The minimum atomic E-state index is -0.385. The van der Waals surface area contributed by atoms with Gasteiger partial charge in [0, 0.05) is 43.8 Å². The molecule has 0 spiro atoms. The number of nitrogens with one attached hydrogen (secondary N) is 3. The zero-order valence-electron chi connectivity index (χ0n) is 19.6. The molecule has 1 aliphatic heterocycles. The first kappa shape index (κ1) is 24.4. The first-order chi connectivity index (χ1) is 16.0. The van der Waals surface area contributed by atoms with Gasteiger partial charge in [0.25, 0.3) is 5.91 Å². The maximum absolute atomic E-state index is 12.9. The molecule has 0 unspecified atom stereocenters. The molecule has 8 nitrogen and oxygen atoms in total. The molecule has 2 aromatic carbocycles. The van der Waals surface area contributed by atoms with Crippen LogP contribution < -0.4 is 25.6 Å². The van der Waals surface area contributed by atoms with Crippen LogP contribution in [0.4, 0.5) is 21.9 Å². The van der Waals surface area contributed by atoms with Gasteiger partial charge in [0.05, 0.1) is 18.8 Å². The monoisotopic (exact) mass is 454 g/mol. The van der Waals surface area contributed by atoms with Gasteiger partial charge >= 0.3 is 6.03 Å². The summed E-state index contributed by atoms with van der Waals surface area (Å²) >= 11 is 0. The molecule has 0 saturated carbocycles. The fourth-order valence-corrected chi connectivity index (χ4v) is 3.78. The lowest BCUT2D eigenvalue weighted by atomic mass is 9.98. The van der Waals surface area contributed by atoms with E-state index in [1.807, 2.05) is 19.1 Å². The molecule has 1 heterocycles. The van der Waals surface area contributed by atoms with Gasteiger partial charge in [-0.15, -0.1) is 0 Å². The number of anilines is 3. The lowest BCUT2D eigenvalue weighted by Crippen LogP contribution is -2.35. The third-order valence-corrected chi connectivity index (χ3v) is 5.64. The van der Waals surface area contributed by atoms with Crippen LogP contribution in [0.1, 0.15) is 37.0 Å². The first-order valence-corrected chi connectivity index (χ1v) is 11.5. The standard InChI is InChI=1S/C25H34N4O4/c1-4-33-21-8-5-19(6-9-21)27-25(31)28-20-7-10-23(29-14-11-18(2)12-15-29)22(17-20)24(30)26-13-16-32-3/h5-10,17-18H,4,11-16H2,1-3H3,(H,26,30)(H2,27,28,31). The summed E-state index contributed by atoms with van der Waals surface area (Å²) in [5, 5.41) is 8.52. The molecule has 178 valence electrons. The predicted octanol–water partition coefficient (Wildman–Crippen LogP) is 4.34. The number of amides is 3. The van der Waals surface area contributed by atoms with E-state index < -0.39 is 0 Å². The molecule has 1 aliphatic rings. The van der Waals surface area contributed by atoms with Gasteiger partial charge in [-0.05, 0) is 68.1 Å². The highest BCUT2D eigenvalue weighted by atomic mass is 16.5. The molecule has 1 fully saturated rings. The quantitative estimate of drug-likeness (QED) is 0.490. The number of carbonyl (C=O) groups excluding carboxylic acids is 2. The van der Waals surface area contributed by atoms with Gasteiger partial charge in [0.2, 0.25) is 0 Å². The Morgan fingerprint density at radius 2 is 1.70 bits per heavy atom. The van der Waals surface area contributed by atoms with Crippen molar-refractivity contribution in [1.29, 1.82) is 0 Å². The third kappa shape index (κ3) is 7.12. The van der Waals surface area contributed by atoms with Crippen molar-refractivity contribution in [2.24, 2.45) is 5.92 Å². The van der Waals surface area contributed by atoms with Gasteiger partial charge in [-0.25, -0.2) is 4.79 Å². The fourth-order valence-electron chi connectivity index (χ4n) is 3.78. The highest BCUT2D eigenvalue weighted by Gasteiger charge is 2.22. The first-order valence-electron chi connectivity index (χ1n) is 11.5. The number of piperidine rings is 1. The van der Waals surface area contributed by atoms with E-state index in [0.717, 1.165) is 37.4 Å². The van der Waals surface area contributed by atoms with E-state index in [1.165, 1.54) is 0 Å². The van der Waals surface area contributed by atoms with Gasteiger partial charge in [-0.3, -0.25) is 4.79 Å². The summed E-state index contributed by atoms with van der Waals surface area (Å²) in [6, 6.07) is 12.2. The Morgan fingerprint density at radius 3 is 2.36 bits per heavy atom. The molecule has 3 N–H and O–H groups in total. The molecule has 3 rings (SSSR count). The van der Waals surface area contributed by atoms with Crippen LogP contribution in [0.15, 0.2) is 42.5 Å². The van der Waals surface area contributed by atoms with Crippen LogP contribution >= 0.6 is 0 Å². The van der Waals surface area contributed by atoms with Crippen LogP contribution in [0.2, 0.25) is 0 Å². The van der Waals surface area contributed by atoms with Gasteiger partial charge in [-0.1, -0.05) is 6.92 Å². The number of rotatable bonds is 9. The second-order valence-electron chi connectivity index (χ2n) is 8.19. The Morgan fingerprint density at radius 1 is 1.03 bits per heavy atom. The molecule has 0 aliphatic carbocycles. The topological polar surface area (TPSA) is 91.9 Å². The van der Waals surface area contributed by atoms with Crippen LogP contribution in [0, 0.1) is 5.92 Å². The van der Waals surface area contributed by atoms with E-state index in [9.17, 15) is 9.59 Å². The maximum atomic E-state index is 12.9. The van der Waals surface area contributed by atoms with Gasteiger partial charge in [0.15, 0.2) is 0 Å². The molecule has 1 saturated heterocycles. The number of benzene rings is 2. The summed E-state index contributed by atoms with van der Waals surface area (Å²) in [4.78, 5) is 27.7. The van der Waals surface area contributed by atoms with E-state index in [-0.39, 0.29) is 11.9 Å². The van der Waals surface area contributed by atoms with E-state index in [4.69, 9.17) is 9.47 Å². The lowest BCUT2D eigenvalue weighted by molar-refractivity contribution is 0.0937. The summed E-state index contributed by atoms with van der Waals surface area (Å²) in [6.07, 6.45) is 2.18. The zero-order valence-corrected chi connectivity index (χ0v) is 19.6. The van der Waals surface area contributed by atoms with Crippen molar-refractivity contribution < 1.29 is 19.1 Å². The van der Waals surface area contributed by atoms with Crippen LogP contribution in [0.25, 0.3) is 0 Å². The largest absolute Gasteiger partial charge is 0.494 e. The van der Waals surface area contributed by atoms with Gasteiger partial charge in [-0.2, -0.15) is 0 Å². The highest BCUT2D eigenvalue weighted by Crippen LogP contribution is 2.29. The summed E-state index contributed by atoms with van der Waals surface area (Å²) in [5.74, 6) is 1.25. The average Bonchev–Trinajstić information content (AvgIpc) is 2.81. The second kappa shape index (κ2) is 12.1. The van der Waals surface area contributed by atoms with Crippen molar-refractivity contribution in [3.63, 3.8) is 0 Å². The van der Waals surface area contributed by atoms with Gasteiger partial charge < -0.3 is 30.3 Å². The van der Waals surface area contributed by atoms with Crippen molar-refractivity contribution in [2.75, 3.05) is 55.5 Å². The number of ether oxygens (including phenoxy) is 2. The number of hydrogen-bond acceptors (Lipinski definition) is 5. The molecule has 33 heavy (non-hydrogen) atoms. The van der Waals surface area contributed by atoms with Crippen molar-refractivity contribution in [1.82, 2.24) is 5.32 Å². The van der Waals surface area contributed by atoms with Crippen molar-refractivity contribution >= 4 is 29.0 Å². The normalized spacial score (nSPS) is 14.0. The second-order valence-corrected chi connectivity index (χ2v) is 8.19. The Hall–Kier alpha value is -3.26. The Labute approximate surface area is 195 Å². The Balaban J connectivity index is 1.72. The molecule has 0 radical (unpaired) electrons. The smallest absolute Gasteiger partial charge is 0.323 e. The molecule has 0 bridgehead atoms. The van der Waals surface area contributed by atoms with E-state index >= 15 is 0 Å². The van der Waals surface area contributed by atoms with Crippen LogP contribution in [-0.2, 0) is 4.74 Å². The number of urea groups is 1. The minimum absolute atomic E-state index is 0.184. The summed E-state index contributed by atoms with van der Waals surface area (Å²) in [7, 11) is 1.60. The van der Waals surface area contributed by atoms with Crippen molar-refractivity contribution in [3.05, 3.63) is 48.0 Å². The van der Waals surface area contributed by atoms with E-state index in [0.29, 0.717) is 42.6 Å². The predicted molar refractivity (Wildman–Crippen MR) is 132 cm³/mol. The van der Waals surface area contributed by atoms with Crippen molar-refractivity contribution in [2.45, 2.75) is 26.7 Å². The van der Waals surface area contributed by atoms with Crippen LogP contribution in [0.5, 0.6) is 5.75 Å². The zero-order chi connectivity index (χ0) is 23.6. The summed E-state index contributed by atoms with van der Waals surface area (Å²) < 4.78 is 10.5. The van der Waals surface area contributed by atoms with Crippen molar-refractivity contribution in [3.8, 4) is 5.75 Å². The minimum Gasteiger partial charge on any atom is -0.494 e. The molecule has 2 aromatic rings. The van der Waals surface area contributed by atoms with E-state index in [2.05, 4.69) is 27.8 Å². The maximum Gasteiger partial charge on any atom is 0.323 e. The number of nitrogens with zero attached hydrogens (tertiary/aromatic N) is 1. The molecule has 0 aromatic heterocycles. The third-order valence-electron chi connectivity index (χ3n) is 5.64. The average molecular weight is 455 g/mol. The SMILES string of the molecule is CCOc1ccc(NC(=O)Nc2ccc(N3CCC(C)CC3)c(C(=O)NCCOC)c2)cc1. The number of carbonyl (C=O) groups is 2. The van der Waals surface area contributed by atoms with E-state index in [1.54, 1.807) is 37.4 Å².